The lowest BCUT2D eigenvalue weighted by atomic mass is 10.0. The number of ether oxygens (including phenoxy) is 1. The van der Waals surface area contributed by atoms with Gasteiger partial charge in [-0.25, -0.2) is 4.98 Å². The molecule has 98 valence electrons. The fraction of sp³-hybridized carbons (Fsp3) is 0.538. The van der Waals surface area contributed by atoms with Gasteiger partial charge < -0.3 is 15.8 Å². The van der Waals surface area contributed by atoms with Gasteiger partial charge in [-0.2, -0.15) is 0 Å². The number of aromatic nitrogens is 1. The van der Waals surface area contributed by atoms with E-state index in [0.29, 0.717) is 17.0 Å². The summed E-state index contributed by atoms with van der Waals surface area (Å²) in [4.78, 5) is 4.72. The molecule has 1 fully saturated rings. The molecule has 1 saturated heterocycles. The molecule has 1 aliphatic rings. The van der Waals surface area contributed by atoms with Crippen LogP contribution in [0, 0.1) is 12.8 Å². The number of nitrogens with two attached hydrogens (primary N) is 1. The third-order valence-corrected chi connectivity index (χ3v) is 3.67. The predicted molar refractivity (Wildman–Crippen MR) is 76.9 cm³/mol. The number of hydrogen-bond donors (Lipinski definition) is 2. The Hall–Kier alpha value is -1.20. The lowest BCUT2D eigenvalue weighted by molar-refractivity contribution is 0.108. The molecule has 0 amide bonds. The first-order valence-electron chi connectivity index (χ1n) is 6.20. The van der Waals surface area contributed by atoms with Crippen LogP contribution in [0.1, 0.15) is 24.5 Å². The molecular formula is C13H19N3OS. The lowest BCUT2D eigenvalue weighted by Gasteiger charge is -2.17. The second kappa shape index (κ2) is 5.63. The van der Waals surface area contributed by atoms with Gasteiger partial charge in [0.15, 0.2) is 0 Å². The largest absolute Gasteiger partial charge is 0.389 e. The van der Waals surface area contributed by atoms with Crippen molar-refractivity contribution in [1.29, 1.82) is 0 Å². The average molecular weight is 265 g/mol. The molecule has 18 heavy (non-hydrogen) atoms. The lowest BCUT2D eigenvalue weighted by Crippen LogP contribution is -2.23. The second-order valence-electron chi connectivity index (χ2n) is 4.72. The van der Waals surface area contributed by atoms with Gasteiger partial charge in [0.2, 0.25) is 0 Å². The van der Waals surface area contributed by atoms with Gasteiger partial charge in [-0.15, -0.1) is 0 Å². The first-order valence-corrected chi connectivity index (χ1v) is 6.61. The Bertz CT molecular complexity index is 450. The Morgan fingerprint density at radius 1 is 1.67 bits per heavy atom. The van der Waals surface area contributed by atoms with E-state index in [2.05, 4.69) is 17.2 Å². The molecule has 1 aliphatic heterocycles. The number of nitrogens with zero attached hydrogens (tertiary/aromatic N) is 1. The monoisotopic (exact) mass is 265 g/mol. The van der Waals surface area contributed by atoms with Gasteiger partial charge >= 0.3 is 0 Å². The summed E-state index contributed by atoms with van der Waals surface area (Å²) in [5, 5.41) is 3.35. The van der Waals surface area contributed by atoms with Crippen LogP contribution >= 0.6 is 12.2 Å². The fourth-order valence-corrected chi connectivity index (χ4v) is 2.53. The van der Waals surface area contributed by atoms with Crippen LogP contribution in [0.15, 0.2) is 12.3 Å². The van der Waals surface area contributed by atoms with Crippen LogP contribution < -0.4 is 11.1 Å². The van der Waals surface area contributed by atoms with Gasteiger partial charge in [0.25, 0.3) is 0 Å². The number of nitrogens with one attached hydrogen (secondary N) is 1. The van der Waals surface area contributed by atoms with E-state index in [1.54, 1.807) is 6.20 Å². The highest BCUT2D eigenvalue weighted by Crippen LogP contribution is 2.22. The van der Waals surface area contributed by atoms with Gasteiger partial charge in [-0.1, -0.05) is 12.2 Å². The smallest absolute Gasteiger partial charge is 0.136 e. The Labute approximate surface area is 113 Å². The first kappa shape index (κ1) is 13.2. The highest BCUT2D eigenvalue weighted by Gasteiger charge is 2.24. The molecule has 3 N–H and O–H groups in total. The minimum atomic E-state index is 0.301. The fourth-order valence-electron chi connectivity index (χ4n) is 2.28. The van der Waals surface area contributed by atoms with Crippen LogP contribution in [-0.4, -0.2) is 29.2 Å². The molecule has 2 rings (SSSR count). The topological polar surface area (TPSA) is 60.2 Å². The van der Waals surface area contributed by atoms with Crippen molar-refractivity contribution < 1.29 is 4.74 Å². The van der Waals surface area contributed by atoms with Gasteiger partial charge in [0.05, 0.1) is 11.7 Å². The maximum absolute atomic E-state index is 5.75. The van der Waals surface area contributed by atoms with Crippen LogP contribution in [0.4, 0.5) is 5.82 Å². The number of rotatable bonds is 4. The average Bonchev–Trinajstić information content (AvgIpc) is 2.71. The summed E-state index contributed by atoms with van der Waals surface area (Å²) in [7, 11) is 0. The number of anilines is 1. The van der Waals surface area contributed by atoms with Gasteiger partial charge in [0, 0.05) is 25.3 Å². The molecule has 2 heterocycles. The number of aryl methyl sites for hydroxylation is 1. The van der Waals surface area contributed by atoms with E-state index in [9.17, 15) is 0 Å². The van der Waals surface area contributed by atoms with E-state index in [4.69, 9.17) is 22.7 Å². The zero-order valence-electron chi connectivity index (χ0n) is 10.8. The number of thiocarbonyl (C=S) groups is 1. The molecular weight excluding hydrogens is 246 g/mol. The third-order valence-electron chi connectivity index (χ3n) is 3.47. The summed E-state index contributed by atoms with van der Waals surface area (Å²) < 4.78 is 5.54. The molecule has 0 aromatic carbocycles. The van der Waals surface area contributed by atoms with Crippen molar-refractivity contribution in [1.82, 2.24) is 4.98 Å². The van der Waals surface area contributed by atoms with Crippen molar-refractivity contribution in [3.8, 4) is 0 Å². The van der Waals surface area contributed by atoms with Crippen LogP contribution in [0.3, 0.4) is 0 Å². The highest BCUT2D eigenvalue weighted by atomic mass is 32.1. The molecule has 1 aromatic heterocycles. The zero-order valence-corrected chi connectivity index (χ0v) is 11.6. The van der Waals surface area contributed by atoms with Crippen molar-refractivity contribution in [2.75, 3.05) is 18.5 Å². The van der Waals surface area contributed by atoms with Crippen LogP contribution in [0.2, 0.25) is 0 Å². The molecule has 0 aliphatic carbocycles. The SMILES string of the molecule is Cc1ccnc(NCC2CCOC2C)c1C(N)=S. The van der Waals surface area contributed by atoms with E-state index in [1.165, 1.54) is 0 Å². The molecule has 4 nitrogen and oxygen atoms in total. The van der Waals surface area contributed by atoms with E-state index in [-0.39, 0.29) is 0 Å². The Balaban J connectivity index is 2.09. The normalized spacial score (nSPS) is 23.0. The molecule has 2 atom stereocenters. The zero-order chi connectivity index (χ0) is 13.1. The Morgan fingerprint density at radius 3 is 3.06 bits per heavy atom. The number of hydrogen-bond acceptors (Lipinski definition) is 4. The second-order valence-corrected chi connectivity index (χ2v) is 5.16. The molecule has 1 aromatic rings. The molecule has 0 bridgehead atoms. The van der Waals surface area contributed by atoms with Crippen molar-refractivity contribution >= 4 is 23.0 Å². The van der Waals surface area contributed by atoms with Crippen LogP contribution in [-0.2, 0) is 4.74 Å². The van der Waals surface area contributed by atoms with Gasteiger partial charge in [-0.05, 0) is 31.9 Å². The molecule has 0 spiro atoms. The van der Waals surface area contributed by atoms with E-state index in [1.807, 2.05) is 13.0 Å². The van der Waals surface area contributed by atoms with E-state index >= 15 is 0 Å². The van der Waals surface area contributed by atoms with Crippen LogP contribution in [0.5, 0.6) is 0 Å². The summed E-state index contributed by atoms with van der Waals surface area (Å²) in [5.74, 6) is 1.30. The molecule has 5 heteroatoms. The Morgan fingerprint density at radius 2 is 2.44 bits per heavy atom. The summed E-state index contributed by atoms with van der Waals surface area (Å²) >= 11 is 5.08. The van der Waals surface area contributed by atoms with E-state index < -0.39 is 0 Å². The minimum absolute atomic E-state index is 0.301. The maximum atomic E-state index is 5.75. The van der Waals surface area contributed by atoms with Crippen molar-refractivity contribution in [2.45, 2.75) is 26.4 Å². The quantitative estimate of drug-likeness (QED) is 0.814. The maximum Gasteiger partial charge on any atom is 0.136 e. The van der Waals surface area contributed by atoms with E-state index in [0.717, 1.165) is 36.5 Å². The Kier molecular flexibility index (Phi) is 4.14. The van der Waals surface area contributed by atoms with Gasteiger partial charge in [-0.3, -0.25) is 0 Å². The molecule has 2 unspecified atom stereocenters. The highest BCUT2D eigenvalue weighted by molar-refractivity contribution is 7.80. The van der Waals surface area contributed by atoms with Crippen molar-refractivity contribution in [3.63, 3.8) is 0 Å². The summed E-state index contributed by atoms with van der Waals surface area (Å²) in [6, 6.07) is 1.92. The van der Waals surface area contributed by atoms with Crippen LogP contribution in [0.25, 0.3) is 0 Å². The summed E-state index contributed by atoms with van der Waals surface area (Å²) in [6.45, 7) is 5.78. The van der Waals surface area contributed by atoms with Crippen molar-refractivity contribution in [3.05, 3.63) is 23.4 Å². The molecule has 0 radical (unpaired) electrons. The van der Waals surface area contributed by atoms with Gasteiger partial charge in [0.1, 0.15) is 10.8 Å². The minimum Gasteiger partial charge on any atom is -0.389 e. The first-order chi connectivity index (χ1) is 8.59. The standard InChI is InChI=1S/C13H19N3OS/c1-8-3-5-15-13(11(8)12(14)18)16-7-10-4-6-17-9(10)2/h3,5,9-10H,4,6-7H2,1-2H3,(H2,14,18)(H,15,16). The van der Waals surface area contributed by atoms with Crippen molar-refractivity contribution in [2.24, 2.45) is 11.7 Å². The predicted octanol–water partition coefficient (Wildman–Crippen LogP) is 1.86. The summed E-state index contributed by atoms with van der Waals surface area (Å²) in [6.07, 6.45) is 3.16. The summed E-state index contributed by atoms with van der Waals surface area (Å²) in [5.41, 5.74) is 7.65. The third kappa shape index (κ3) is 2.79. The molecule has 0 saturated carbocycles. The number of pyridine rings is 1.